The Balaban J connectivity index is 3.35. The molecule has 0 amide bonds. The maximum Gasteiger partial charge on any atom is 0.324 e. The van der Waals surface area contributed by atoms with Crippen molar-refractivity contribution in [1.29, 1.82) is 0 Å². The van der Waals surface area contributed by atoms with E-state index in [0.29, 0.717) is 39.6 Å². The summed E-state index contributed by atoms with van der Waals surface area (Å²) in [6.45, 7) is 10.8. The van der Waals surface area contributed by atoms with Gasteiger partial charge in [-0.15, -0.1) is 0 Å². The minimum Gasteiger partial charge on any atom is -0.439 e. The molecule has 0 rings (SSSR count). The van der Waals surface area contributed by atoms with Crippen LogP contribution in [0.5, 0.6) is 0 Å². The standard InChI is InChI=1S/C14H34O6Si2/c1-15-8-9-18-12-13-19-11-10-17-7-6-14-22(5,16-2)20-21(3)4/h21H,6-14H2,1-5H3. The van der Waals surface area contributed by atoms with Crippen LogP contribution in [0.3, 0.4) is 0 Å². The van der Waals surface area contributed by atoms with Crippen molar-refractivity contribution in [2.75, 3.05) is 60.5 Å². The molecule has 134 valence electrons. The van der Waals surface area contributed by atoms with Crippen LogP contribution in [-0.2, 0) is 27.5 Å². The molecular formula is C14H34O6Si2. The van der Waals surface area contributed by atoms with E-state index in [9.17, 15) is 0 Å². The van der Waals surface area contributed by atoms with Crippen molar-refractivity contribution in [3.63, 3.8) is 0 Å². The van der Waals surface area contributed by atoms with Crippen molar-refractivity contribution in [3.05, 3.63) is 0 Å². The summed E-state index contributed by atoms with van der Waals surface area (Å²) in [5.41, 5.74) is 0. The van der Waals surface area contributed by atoms with Crippen molar-refractivity contribution in [1.82, 2.24) is 0 Å². The van der Waals surface area contributed by atoms with Gasteiger partial charge < -0.3 is 27.5 Å². The molecule has 0 aliphatic rings. The Bertz CT molecular complexity index is 245. The lowest BCUT2D eigenvalue weighted by molar-refractivity contribution is 0.00363. The second-order valence-corrected chi connectivity index (χ2v) is 11.7. The molecule has 0 aromatic carbocycles. The summed E-state index contributed by atoms with van der Waals surface area (Å²) < 4.78 is 32.8. The van der Waals surface area contributed by atoms with Crippen LogP contribution in [0.15, 0.2) is 0 Å². The van der Waals surface area contributed by atoms with E-state index in [1.807, 2.05) is 0 Å². The first-order chi connectivity index (χ1) is 10.5. The quantitative estimate of drug-likeness (QED) is 0.311. The molecule has 0 radical (unpaired) electrons. The third kappa shape index (κ3) is 13.8. The van der Waals surface area contributed by atoms with E-state index in [2.05, 4.69) is 19.6 Å². The molecule has 8 heteroatoms. The summed E-state index contributed by atoms with van der Waals surface area (Å²) in [7, 11) is 0.409. The van der Waals surface area contributed by atoms with Gasteiger partial charge in [0.05, 0.1) is 39.6 Å². The summed E-state index contributed by atoms with van der Waals surface area (Å²) in [4.78, 5) is 0. The van der Waals surface area contributed by atoms with Crippen LogP contribution < -0.4 is 0 Å². The number of rotatable bonds is 16. The Kier molecular flexibility index (Phi) is 14.9. The summed E-state index contributed by atoms with van der Waals surface area (Å²) in [5, 5.41) is 0. The SMILES string of the molecule is COCCOCCOCCOCCC[Si](C)(OC)O[SiH](C)C. The van der Waals surface area contributed by atoms with E-state index in [-0.39, 0.29) is 0 Å². The number of hydrogen-bond acceptors (Lipinski definition) is 6. The van der Waals surface area contributed by atoms with E-state index < -0.39 is 17.6 Å². The van der Waals surface area contributed by atoms with Gasteiger partial charge in [0.25, 0.3) is 0 Å². The largest absolute Gasteiger partial charge is 0.439 e. The number of ether oxygens (including phenoxy) is 4. The number of hydrogen-bond donors (Lipinski definition) is 0. The molecule has 0 aliphatic heterocycles. The first kappa shape index (κ1) is 22.2. The van der Waals surface area contributed by atoms with Crippen LogP contribution in [0.4, 0.5) is 0 Å². The topological polar surface area (TPSA) is 55.4 Å². The Morgan fingerprint density at radius 3 is 1.73 bits per heavy atom. The zero-order valence-electron chi connectivity index (χ0n) is 14.9. The molecular weight excluding hydrogens is 320 g/mol. The lowest BCUT2D eigenvalue weighted by atomic mass is 10.5. The van der Waals surface area contributed by atoms with Crippen molar-refractivity contribution < 1.29 is 27.5 Å². The molecule has 0 N–H and O–H groups in total. The maximum absolute atomic E-state index is 6.04. The summed E-state index contributed by atoms with van der Waals surface area (Å²) in [5.74, 6) is 0. The third-order valence-corrected chi connectivity index (χ3v) is 9.02. The zero-order chi connectivity index (χ0) is 16.7. The van der Waals surface area contributed by atoms with E-state index in [0.717, 1.165) is 19.1 Å². The Morgan fingerprint density at radius 1 is 0.773 bits per heavy atom. The van der Waals surface area contributed by atoms with Gasteiger partial charge in [0.1, 0.15) is 0 Å². The van der Waals surface area contributed by atoms with Crippen molar-refractivity contribution in [3.8, 4) is 0 Å². The van der Waals surface area contributed by atoms with Gasteiger partial charge in [-0.1, -0.05) is 0 Å². The fourth-order valence-corrected chi connectivity index (χ4v) is 7.72. The van der Waals surface area contributed by atoms with Gasteiger partial charge in [0, 0.05) is 20.8 Å². The molecule has 0 aliphatic carbocycles. The molecule has 1 unspecified atom stereocenters. The van der Waals surface area contributed by atoms with E-state index >= 15 is 0 Å². The highest BCUT2D eigenvalue weighted by Crippen LogP contribution is 2.16. The summed E-state index contributed by atoms with van der Waals surface area (Å²) in [6, 6.07) is 0.975. The van der Waals surface area contributed by atoms with Crippen molar-refractivity contribution >= 4 is 17.6 Å². The van der Waals surface area contributed by atoms with Gasteiger partial charge >= 0.3 is 8.56 Å². The minimum atomic E-state index is -1.96. The van der Waals surface area contributed by atoms with Gasteiger partial charge in [0.15, 0.2) is 9.04 Å². The highest BCUT2D eigenvalue weighted by molar-refractivity contribution is 6.73. The predicted octanol–water partition coefficient (Wildman–Crippen LogP) is 1.79. The van der Waals surface area contributed by atoms with E-state index in [1.165, 1.54) is 0 Å². The monoisotopic (exact) mass is 354 g/mol. The second-order valence-electron chi connectivity index (χ2n) is 5.44. The molecule has 1 atom stereocenters. The highest BCUT2D eigenvalue weighted by atomic mass is 28.4. The maximum atomic E-state index is 6.04. The fourth-order valence-electron chi connectivity index (χ4n) is 1.89. The first-order valence-electron chi connectivity index (χ1n) is 7.99. The Labute approximate surface area is 138 Å². The fraction of sp³-hybridized carbons (Fsp3) is 1.00. The molecule has 0 heterocycles. The predicted molar refractivity (Wildman–Crippen MR) is 92.3 cm³/mol. The normalized spacial score (nSPS) is 14.5. The van der Waals surface area contributed by atoms with Crippen LogP contribution in [0.1, 0.15) is 6.42 Å². The molecule has 0 spiro atoms. The molecule has 0 fully saturated rings. The van der Waals surface area contributed by atoms with Crippen molar-refractivity contribution in [2.45, 2.75) is 32.1 Å². The average Bonchev–Trinajstić information content (AvgIpc) is 2.47. The van der Waals surface area contributed by atoms with Gasteiger partial charge in [-0.05, 0) is 32.1 Å². The highest BCUT2D eigenvalue weighted by Gasteiger charge is 2.30. The van der Waals surface area contributed by atoms with Crippen LogP contribution in [0.25, 0.3) is 0 Å². The second kappa shape index (κ2) is 14.8. The van der Waals surface area contributed by atoms with Gasteiger partial charge in [-0.2, -0.15) is 0 Å². The van der Waals surface area contributed by atoms with Gasteiger partial charge in [-0.25, -0.2) is 0 Å². The molecule has 6 nitrogen and oxygen atoms in total. The smallest absolute Gasteiger partial charge is 0.324 e. The summed E-state index contributed by atoms with van der Waals surface area (Å²) >= 11 is 0. The third-order valence-electron chi connectivity index (χ3n) is 3.01. The van der Waals surface area contributed by atoms with Gasteiger partial charge in [-0.3, -0.25) is 0 Å². The average molecular weight is 355 g/mol. The lowest BCUT2D eigenvalue weighted by Crippen LogP contribution is -2.41. The summed E-state index contributed by atoms with van der Waals surface area (Å²) in [6.07, 6.45) is 0.970. The molecule has 0 bridgehead atoms. The Hall–Kier alpha value is 0.194. The minimum absolute atomic E-state index is 0.592. The molecule has 0 saturated carbocycles. The zero-order valence-corrected chi connectivity index (χ0v) is 17.0. The number of methoxy groups -OCH3 is 1. The molecule has 0 aromatic heterocycles. The van der Waals surface area contributed by atoms with Crippen LogP contribution in [0.2, 0.25) is 25.7 Å². The first-order valence-corrected chi connectivity index (χ1v) is 13.3. The van der Waals surface area contributed by atoms with Crippen LogP contribution in [0, 0.1) is 0 Å². The lowest BCUT2D eigenvalue weighted by Gasteiger charge is -2.27. The van der Waals surface area contributed by atoms with Gasteiger partial charge in [0.2, 0.25) is 0 Å². The van der Waals surface area contributed by atoms with Crippen LogP contribution in [-0.4, -0.2) is 78.1 Å². The van der Waals surface area contributed by atoms with E-state index in [4.69, 9.17) is 27.5 Å². The van der Waals surface area contributed by atoms with Crippen LogP contribution >= 0.6 is 0 Å². The van der Waals surface area contributed by atoms with Crippen molar-refractivity contribution in [2.24, 2.45) is 0 Å². The molecule has 0 aromatic rings. The molecule has 0 saturated heterocycles. The van der Waals surface area contributed by atoms with E-state index in [1.54, 1.807) is 14.2 Å². The Morgan fingerprint density at radius 2 is 1.27 bits per heavy atom. The molecule has 22 heavy (non-hydrogen) atoms.